The summed E-state index contributed by atoms with van der Waals surface area (Å²) in [5.41, 5.74) is 2.78. The van der Waals surface area contributed by atoms with Gasteiger partial charge in [-0.05, 0) is 42.0 Å². The fourth-order valence-electron chi connectivity index (χ4n) is 2.64. The molecule has 1 heterocycles. The van der Waals surface area contributed by atoms with Crippen molar-refractivity contribution < 1.29 is 13.7 Å². The number of oxazole rings is 1. The maximum Gasteiger partial charge on any atom is 0.270 e. The fourth-order valence-corrected chi connectivity index (χ4v) is 2.89. The summed E-state index contributed by atoms with van der Waals surface area (Å²) in [6, 6.07) is 15.3. The van der Waals surface area contributed by atoms with Crippen molar-refractivity contribution in [3.8, 4) is 11.5 Å². The highest BCUT2D eigenvalue weighted by molar-refractivity contribution is 6.33. The highest BCUT2D eigenvalue weighted by Crippen LogP contribution is 2.31. The average molecular weight is 396 g/mol. The van der Waals surface area contributed by atoms with Gasteiger partial charge in [0.15, 0.2) is 5.58 Å². The number of fused-ring (bicyclic) bond motifs is 1. The van der Waals surface area contributed by atoms with E-state index in [1.807, 2.05) is 0 Å². The highest BCUT2D eigenvalue weighted by atomic mass is 35.5. The van der Waals surface area contributed by atoms with E-state index in [1.165, 1.54) is 36.5 Å². The molecule has 6 nitrogen and oxygen atoms in total. The molecule has 0 radical (unpaired) electrons. The van der Waals surface area contributed by atoms with Crippen molar-refractivity contribution in [1.29, 1.82) is 0 Å². The molecule has 0 fully saturated rings. The van der Waals surface area contributed by atoms with E-state index in [2.05, 4.69) is 9.98 Å². The second-order valence-corrected chi connectivity index (χ2v) is 6.31. The van der Waals surface area contributed by atoms with Gasteiger partial charge in [-0.1, -0.05) is 23.7 Å². The van der Waals surface area contributed by atoms with Crippen molar-refractivity contribution in [1.82, 2.24) is 4.98 Å². The van der Waals surface area contributed by atoms with Gasteiger partial charge < -0.3 is 4.42 Å². The molecule has 0 aliphatic rings. The zero-order valence-corrected chi connectivity index (χ0v) is 14.9. The molecule has 0 unspecified atom stereocenters. The first kappa shape index (κ1) is 17.8. The van der Waals surface area contributed by atoms with Crippen LogP contribution in [-0.4, -0.2) is 16.1 Å². The standard InChI is InChI=1S/C20H11ClFN3O3/c21-17-9-13(22)4-6-16(17)20-24-18-10-14(5-7-19(18)28-20)23-11-12-2-1-3-15(8-12)25(26)27/h1-11H. The number of aromatic nitrogens is 1. The summed E-state index contributed by atoms with van der Waals surface area (Å²) in [4.78, 5) is 19.1. The molecule has 0 bridgehead atoms. The first-order chi connectivity index (χ1) is 13.5. The van der Waals surface area contributed by atoms with Crippen molar-refractivity contribution in [2.24, 2.45) is 4.99 Å². The molecule has 0 atom stereocenters. The molecule has 28 heavy (non-hydrogen) atoms. The summed E-state index contributed by atoms with van der Waals surface area (Å²) in [6.07, 6.45) is 1.53. The largest absolute Gasteiger partial charge is 0.436 e. The summed E-state index contributed by atoms with van der Waals surface area (Å²) in [6.45, 7) is 0. The summed E-state index contributed by atoms with van der Waals surface area (Å²) < 4.78 is 18.9. The number of nitro groups is 1. The second kappa shape index (κ2) is 7.21. The topological polar surface area (TPSA) is 81.5 Å². The van der Waals surface area contributed by atoms with Crippen LogP contribution in [0.15, 0.2) is 70.1 Å². The number of non-ortho nitro benzene ring substituents is 1. The lowest BCUT2D eigenvalue weighted by Crippen LogP contribution is -1.89. The van der Waals surface area contributed by atoms with Gasteiger partial charge in [0.25, 0.3) is 5.69 Å². The van der Waals surface area contributed by atoms with Crippen molar-refractivity contribution in [3.63, 3.8) is 0 Å². The Hall–Kier alpha value is -3.58. The lowest BCUT2D eigenvalue weighted by molar-refractivity contribution is -0.384. The normalized spacial score (nSPS) is 11.4. The molecule has 4 aromatic rings. The molecule has 4 rings (SSSR count). The third-order valence-corrected chi connectivity index (χ3v) is 4.29. The number of hydrogen-bond acceptors (Lipinski definition) is 5. The SMILES string of the molecule is O=[N+]([O-])c1cccc(C=Nc2ccc3oc(-c4ccc(F)cc4Cl)nc3c2)c1. The van der Waals surface area contributed by atoms with Crippen LogP contribution in [0.2, 0.25) is 5.02 Å². The van der Waals surface area contributed by atoms with Crippen molar-refractivity contribution in [2.45, 2.75) is 0 Å². The molecule has 0 saturated carbocycles. The Morgan fingerprint density at radius 2 is 2.00 bits per heavy atom. The quantitative estimate of drug-likeness (QED) is 0.243. The van der Waals surface area contributed by atoms with Gasteiger partial charge in [0.1, 0.15) is 11.3 Å². The Morgan fingerprint density at radius 1 is 1.14 bits per heavy atom. The summed E-state index contributed by atoms with van der Waals surface area (Å²) in [5.74, 6) is -0.164. The third kappa shape index (κ3) is 3.60. The van der Waals surface area contributed by atoms with Crippen LogP contribution in [0.5, 0.6) is 0 Å². The van der Waals surface area contributed by atoms with Crippen LogP contribution in [-0.2, 0) is 0 Å². The number of benzene rings is 3. The van der Waals surface area contributed by atoms with Crippen molar-refractivity contribution in [2.75, 3.05) is 0 Å². The number of aliphatic imine (C=N–C) groups is 1. The highest BCUT2D eigenvalue weighted by Gasteiger charge is 2.12. The van der Waals surface area contributed by atoms with Gasteiger partial charge in [0.2, 0.25) is 5.89 Å². The van der Waals surface area contributed by atoms with Crippen LogP contribution in [0.4, 0.5) is 15.8 Å². The number of halogens is 2. The predicted molar refractivity (Wildman–Crippen MR) is 105 cm³/mol. The molecule has 0 spiro atoms. The van der Waals surface area contributed by atoms with Crippen molar-refractivity contribution in [3.05, 3.63) is 87.2 Å². The minimum atomic E-state index is -0.457. The average Bonchev–Trinajstić information content (AvgIpc) is 3.09. The molecular formula is C20H11ClFN3O3. The second-order valence-electron chi connectivity index (χ2n) is 5.91. The van der Waals surface area contributed by atoms with Gasteiger partial charge in [-0.2, -0.15) is 0 Å². The van der Waals surface area contributed by atoms with Gasteiger partial charge in [0, 0.05) is 18.3 Å². The minimum Gasteiger partial charge on any atom is -0.436 e. The number of rotatable bonds is 4. The Balaban J connectivity index is 1.65. The summed E-state index contributed by atoms with van der Waals surface area (Å²) >= 11 is 6.06. The van der Waals surface area contributed by atoms with E-state index in [0.717, 1.165) is 0 Å². The van der Waals surface area contributed by atoms with Gasteiger partial charge in [-0.25, -0.2) is 9.37 Å². The van der Waals surface area contributed by atoms with E-state index in [-0.39, 0.29) is 16.6 Å². The van der Waals surface area contributed by atoms with E-state index < -0.39 is 10.7 Å². The zero-order valence-electron chi connectivity index (χ0n) is 14.2. The monoisotopic (exact) mass is 395 g/mol. The van der Waals surface area contributed by atoms with E-state index in [0.29, 0.717) is 27.9 Å². The maximum absolute atomic E-state index is 13.2. The summed E-state index contributed by atoms with van der Waals surface area (Å²) in [5, 5.41) is 11.1. The molecule has 0 aliphatic carbocycles. The van der Waals surface area contributed by atoms with Crippen LogP contribution in [0.1, 0.15) is 5.56 Å². The fraction of sp³-hybridized carbons (Fsp3) is 0. The van der Waals surface area contributed by atoms with Gasteiger partial charge in [-0.15, -0.1) is 0 Å². The Kier molecular flexibility index (Phi) is 4.58. The first-order valence-electron chi connectivity index (χ1n) is 8.14. The van der Waals surface area contributed by atoms with Crippen molar-refractivity contribution >= 4 is 40.3 Å². The predicted octanol–water partition coefficient (Wildman–Crippen LogP) is 5.95. The van der Waals surface area contributed by atoms with E-state index in [9.17, 15) is 14.5 Å². The molecule has 1 aromatic heterocycles. The Bertz CT molecular complexity index is 1240. The Morgan fingerprint density at radius 3 is 2.79 bits per heavy atom. The molecule has 0 aliphatic heterocycles. The zero-order chi connectivity index (χ0) is 19.7. The molecule has 0 saturated heterocycles. The van der Waals surface area contributed by atoms with Gasteiger partial charge >= 0.3 is 0 Å². The molecule has 8 heteroatoms. The third-order valence-electron chi connectivity index (χ3n) is 3.98. The molecule has 3 aromatic carbocycles. The lowest BCUT2D eigenvalue weighted by atomic mass is 10.2. The van der Waals surface area contributed by atoms with Crippen LogP contribution < -0.4 is 0 Å². The molecule has 138 valence electrons. The number of hydrogen-bond donors (Lipinski definition) is 0. The minimum absolute atomic E-state index is 0.00304. The molecule has 0 amide bonds. The van der Waals surface area contributed by atoms with Crippen LogP contribution in [0.25, 0.3) is 22.6 Å². The van der Waals surface area contributed by atoms with Gasteiger partial charge in [-0.3, -0.25) is 15.1 Å². The molecule has 0 N–H and O–H groups in total. The van der Waals surface area contributed by atoms with E-state index in [4.69, 9.17) is 16.0 Å². The van der Waals surface area contributed by atoms with Gasteiger partial charge in [0.05, 0.1) is 21.2 Å². The van der Waals surface area contributed by atoms with E-state index in [1.54, 1.807) is 30.3 Å². The number of nitrogens with zero attached hydrogens (tertiary/aromatic N) is 3. The smallest absolute Gasteiger partial charge is 0.270 e. The lowest BCUT2D eigenvalue weighted by Gasteiger charge is -1.98. The number of nitro benzene ring substituents is 1. The molecular weight excluding hydrogens is 385 g/mol. The van der Waals surface area contributed by atoms with Crippen LogP contribution >= 0.6 is 11.6 Å². The summed E-state index contributed by atoms with van der Waals surface area (Å²) in [7, 11) is 0. The maximum atomic E-state index is 13.2. The first-order valence-corrected chi connectivity index (χ1v) is 8.52. The van der Waals surface area contributed by atoms with E-state index >= 15 is 0 Å². The Labute approximate surface area is 163 Å². The van der Waals surface area contributed by atoms with Crippen LogP contribution in [0, 0.1) is 15.9 Å². The van der Waals surface area contributed by atoms with Crippen LogP contribution in [0.3, 0.4) is 0 Å².